The van der Waals surface area contributed by atoms with Crippen molar-refractivity contribution in [1.82, 2.24) is 4.90 Å². The molecule has 0 fully saturated rings. The van der Waals surface area contributed by atoms with Crippen molar-refractivity contribution in [2.75, 3.05) is 21.2 Å². The number of hydrogen-bond donors (Lipinski definition) is 0. The number of carbonyl (C=O) groups excluding carboxylic acids is 2. The van der Waals surface area contributed by atoms with Gasteiger partial charge in [-0.1, -0.05) is 48.5 Å². The molecule has 0 aliphatic carbocycles. The summed E-state index contributed by atoms with van der Waals surface area (Å²) in [6.45, 7) is 1.56. The van der Waals surface area contributed by atoms with Crippen LogP contribution in [0.1, 0.15) is 18.1 Å². The largest absolute Gasteiger partial charge is 0.496 e. The molecule has 0 heterocycles. The van der Waals surface area contributed by atoms with E-state index < -0.39 is 12.1 Å². The van der Waals surface area contributed by atoms with E-state index in [0.717, 1.165) is 5.56 Å². The normalized spacial score (nSPS) is 12.2. The van der Waals surface area contributed by atoms with Crippen LogP contribution in [0, 0.1) is 0 Å². The van der Waals surface area contributed by atoms with Gasteiger partial charge in [0.25, 0.3) is 5.91 Å². The average Bonchev–Trinajstić information content (AvgIpc) is 2.66. The topological polar surface area (TPSA) is 55.8 Å². The number of esters is 1. The summed E-state index contributed by atoms with van der Waals surface area (Å²) < 4.78 is 10.8. The third-order valence-corrected chi connectivity index (χ3v) is 3.82. The van der Waals surface area contributed by atoms with E-state index >= 15 is 0 Å². The van der Waals surface area contributed by atoms with Gasteiger partial charge in [0.05, 0.1) is 12.7 Å². The summed E-state index contributed by atoms with van der Waals surface area (Å²) in [7, 11) is 4.82. The lowest BCUT2D eigenvalue weighted by Gasteiger charge is -2.18. The maximum atomic E-state index is 12.8. The number of methoxy groups -OCH3 is 1. The van der Waals surface area contributed by atoms with Gasteiger partial charge in [0.2, 0.25) is 0 Å². The Morgan fingerprint density at radius 2 is 1.62 bits per heavy atom. The van der Waals surface area contributed by atoms with E-state index in [1.165, 1.54) is 4.90 Å². The summed E-state index contributed by atoms with van der Waals surface area (Å²) in [6, 6.07) is 16.6. The van der Waals surface area contributed by atoms with E-state index in [-0.39, 0.29) is 5.91 Å². The third-order valence-electron chi connectivity index (χ3n) is 3.82. The molecule has 0 N–H and O–H groups in total. The van der Waals surface area contributed by atoms with Gasteiger partial charge in [-0.25, -0.2) is 4.79 Å². The number of carbonyl (C=O) groups is 2. The molecule has 1 atom stereocenters. The van der Waals surface area contributed by atoms with E-state index in [0.29, 0.717) is 16.9 Å². The van der Waals surface area contributed by atoms with Crippen LogP contribution < -0.4 is 4.74 Å². The van der Waals surface area contributed by atoms with Crippen molar-refractivity contribution in [3.63, 3.8) is 0 Å². The van der Waals surface area contributed by atoms with Gasteiger partial charge in [-0.05, 0) is 24.6 Å². The fourth-order valence-electron chi connectivity index (χ4n) is 2.46. The Bertz CT molecular complexity index is 797. The highest BCUT2D eigenvalue weighted by atomic mass is 16.5. The summed E-state index contributed by atoms with van der Waals surface area (Å²) >= 11 is 0. The van der Waals surface area contributed by atoms with Crippen LogP contribution in [0.2, 0.25) is 0 Å². The van der Waals surface area contributed by atoms with E-state index in [4.69, 9.17) is 9.47 Å². The number of likely N-dealkylation sites (N-methyl/N-ethyl adjacent to an activating group) is 1. The van der Waals surface area contributed by atoms with Crippen LogP contribution in [0.15, 0.2) is 54.6 Å². The predicted octanol–water partition coefficient (Wildman–Crippen LogP) is 3.26. The molecule has 0 radical (unpaired) electrons. The molecule has 0 unspecified atom stereocenters. The van der Waals surface area contributed by atoms with Gasteiger partial charge in [0, 0.05) is 19.7 Å². The standard InChI is InChI=1S/C21H23NO4/c1-15(20(23)22(2)3)26-21(24)18(16-10-6-5-7-11-16)14-17-12-8-9-13-19(17)25-4/h5-15H,1-4H3/b18-14+/t15-/m0/s1. The second-order valence-corrected chi connectivity index (χ2v) is 5.95. The van der Waals surface area contributed by atoms with Crippen molar-refractivity contribution in [2.45, 2.75) is 13.0 Å². The Morgan fingerprint density at radius 3 is 2.23 bits per heavy atom. The Kier molecular flexibility index (Phi) is 6.55. The number of para-hydroxylation sites is 1. The molecule has 0 saturated heterocycles. The predicted molar refractivity (Wildman–Crippen MR) is 102 cm³/mol. The minimum atomic E-state index is -0.873. The van der Waals surface area contributed by atoms with Gasteiger partial charge in [0.15, 0.2) is 6.10 Å². The molecule has 0 aromatic heterocycles. The van der Waals surface area contributed by atoms with Gasteiger partial charge >= 0.3 is 5.97 Å². The zero-order chi connectivity index (χ0) is 19.1. The fourth-order valence-corrected chi connectivity index (χ4v) is 2.46. The minimum Gasteiger partial charge on any atom is -0.496 e. The van der Waals surface area contributed by atoms with Crippen molar-refractivity contribution >= 4 is 23.5 Å². The monoisotopic (exact) mass is 353 g/mol. The minimum absolute atomic E-state index is 0.275. The van der Waals surface area contributed by atoms with Crippen LogP contribution in [0.25, 0.3) is 11.6 Å². The second kappa shape index (κ2) is 8.85. The van der Waals surface area contributed by atoms with Crippen LogP contribution in [-0.2, 0) is 14.3 Å². The highest BCUT2D eigenvalue weighted by Gasteiger charge is 2.22. The van der Waals surface area contributed by atoms with E-state index in [2.05, 4.69) is 0 Å². The summed E-state index contributed by atoms with van der Waals surface area (Å²) in [5.74, 6) is -0.195. The SMILES string of the molecule is COc1ccccc1/C=C(/C(=O)O[C@@H](C)C(=O)N(C)C)c1ccccc1. The lowest BCUT2D eigenvalue weighted by atomic mass is 10.0. The highest BCUT2D eigenvalue weighted by molar-refractivity contribution is 6.22. The van der Waals surface area contributed by atoms with Crippen molar-refractivity contribution in [2.24, 2.45) is 0 Å². The van der Waals surface area contributed by atoms with Gasteiger partial charge in [-0.3, -0.25) is 4.79 Å². The lowest BCUT2D eigenvalue weighted by Crippen LogP contribution is -2.35. The first kappa shape index (κ1) is 19.2. The Morgan fingerprint density at radius 1 is 1.00 bits per heavy atom. The molecule has 1 amide bonds. The molecule has 2 aromatic rings. The zero-order valence-corrected chi connectivity index (χ0v) is 15.4. The summed E-state index contributed by atoms with van der Waals surface area (Å²) in [6.07, 6.45) is 0.839. The molecule has 5 nitrogen and oxygen atoms in total. The van der Waals surface area contributed by atoms with Gasteiger partial charge < -0.3 is 14.4 Å². The molecule has 2 aromatic carbocycles. The van der Waals surface area contributed by atoms with Crippen LogP contribution in [0.5, 0.6) is 5.75 Å². The van der Waals surface area contributed by atoms with E-state index in [1.54, 1.807) is 34.2 Å². The van der Waals surface area contributed by atoms with Gasteiger partial charge in [-0.2, -0.15) is 0 Å². The van der Waals surface area contributed by atoms with Crippen molar-refractivity contribution < 1.29 is 19.1 Å². The number of rotatable bonds is 6. The third kappa shape index (κ3) is 4.72. The Balaban J connectivity index is 2.41. The van der Waals surface area contributed by atoms with Gasteiger partial charge in [0.1, 0.15) is 5.75 Å². The number of amides is 1. The maximum absolute atomic E-state index is 12.8. The van der Waals surface area contributed by atoms with Crippen LogP contribution >= 0.6 is 0 Å². The first-order valence-corrected chi connectivity index (χ1v) is 8.26. The van der Waals surface area contributed by atoms with E-state index in [1.807, 2.05) is 54.6 Å². The number of nitrogens with zero attached hydrogens (tertiary/aromatic N) is 1. The van der Waals surface area contributed by atoms with Crippen LogP contribution in [0.3, 0.4) is 0 Å². The summed E-state index contributed by atoms with van der Waals surface area (Å²) in [4.78, 5) is 26.2. The molecular formula is C21H23NO4. The molecule has 26 heavy (non-hydrogen) atoms. The molecule has 0 bridgehead atoms. The summed E-state index contributed by atoms with van der Waals surface area (Å²) in [5.41, 5.74) is 1.80. The molecule has 0 saturated carbocycles. The van der Waals surface area contributed by atoms with Crippen LogP contribution in [-0.4, -0.2) is 44.1 Å². The zero-order valence-electron chi connectivity index (χ0n) is 15.4. The molecule has 0 aliphatic heterocycles. The number of benzene rings is 2. The first-order chi connectivity index (χ1) is 12.4. The smallest absolute Gasteiger partial charge is 0.339 e. The molecule has 5 heteroatoms. The Labute approximate surface area is 153 Å². The molecule has 136 valence electrons. The molecule has 2 rings (SSSR count). The molecule has 0 aliphatic rings. The lowest BCUT2D eigenvalue weighted by molar-refractivity contribution is -0.153. The average molecular weight is 353 g/mol. The fraction of sp³-hybridized carbons (Fsp3) is 0.238. The second-order valence-electron chi connectivity index (χ2n) is 5.95. The first-order valence-electron chi connectivity index (χ1n) is 8.26. The van der Waals surface area contributed by atoms with E-state index in [9.17, 15) is 9.59 Å². The van der Waals surface area contributed by atoms with Crippen molar-refractivity contribution in [1.29, 1.82) is 0 Å². The Hall–Kier alpha value is -3.08. The summed E-state index contributed by atoms with van der Waals surface area (Å²) in [5, 5.41) is 0. The van der Waals surface area contributed by atoms with Gasteiger partial charge in [-0.15, -0.1) is 0 Å². The number of ether oxygens (including phenoxy) is 2. The van der Waals surface area contributed by atoms with Crippen molar-refractivity contribution in [3.8, 4) is 5.75 Å². The maximum Gasteiger partial charge on any atom is 0.339 e. The number of hydrogen-bond acceptors (Lipinski definition) is 4. The quantitative estimate of drug-likeness (QED) is 0.454. The molecule has 0 spiro atoms. The highest BCUT2D eigenvalue weighted by Crippen LogP contribution is 2.25. The molecular weight excluding hydrogens is 330 g/mol. The van der Waals surface area contributed by atoms with Crippen LogP contribution in [0.4, 0.5) is 0 Å². The van der Waals surface area contributed by atoms with Crippen molar-refractivity contribution in [3.05, 3.63) is 65.7 Å².